The first-order valence-electron chi connectivity index (χ1n) is 7.86. The fraction of sp³-hybridized carbons (Fsp3) is 0.368. The SMILES string of the molecule is C[C@@H](CCc1ccc(C(F)(F)F)cc1)CCc1ccc(Cl)c(Cl)c1. The van der Waals surface area contributed by atoms with Crippen LogP contribution in [0.1, 0.15) is 36.5 Å². The van der Waals surface area contributed by atoms with Crippen LogP contribution < -0.4 is 0 Å². The van der Waals surface area contributed by atoms with E-state index in [9.17, 15) is 13.2 Å². The second-order valence-corrected chi connectivity index (χ2v) is 6.94. The Labute approximate surface area is 150 Å². The Morgan fingerprint density at radius 3 is 1.92 bits per heavy atom. The zero-order valence-corrected chi connectivity index (χ0v) is 14.8. The molecule has 0 aliphatic rings. The van der Waals surface area contributed by atoms with Crippen molar-refractivity contribution in [1.82, 2.24) is 0 Å². The number of aryl methyl sites for hydroxylation is 2. The van der Waals surface area contributed by atoms with Crippen LogP contribution in [0.3, 0.4) is 0 Å². The summed E-state index contributed by atoms with van der Waals surface area (Å²) < 4.78 is 37.6. The van der Waals surface area contributed by atoms with Crippen molar-refractivity contribution in [1.29, 1.82) is 0 Å². The molecule has 0 N–H and O–H groups in total. The molecule has 0 saturated carbocycles. The van der Waals surface area contributed by atoms with Gasteiger partial charge in [0.15, 0.2) is 0 Å². The first kappa shape index (κ1) is 19.1. The Morgan fingerprint density at radius 2 is 1.38 bits per heavy atom. The molecule has 0 spiro atoms. The largest absolute Gasteiger partial charge is 0.416 e. The summed E-state index contributed by atoms with van der Waals surface area (Å²) in [6.07, 6.45) is -0.650. The predicted octanol–water partition coefficient (Wildman–Crippen LogP) is 7.21. The Balaban J connectivity index is 1.80. The molecule has 0 aliphatic carbocycles. The summed E-state index contributed by atoms with van der Waals surface area (Å²) in [4.78, 5) is 0. The fourth-order valence-corrected chi connectivity index (χ4v) is 2.85. The Bertz CT molecular complexity index is 663. The molecule has 0 fully saturated rings. The second-order valence-electron chi connectivity index (χ2n) is 6.13. The van der Waals surface area contributed by atoms with Gasteiger partial charge in [-0.3, -0.25) is 0 Å². The van der Waals surface area contributed by atoms with Crippen molar-refractivity contribution in [2.24, 2.45) is 5.92 Å². The molecule has 5 heteroatoms. The van der Waals surface area contributed by atoms with Gasteiger partial charge in [-0.1, -0.05) is 48.3 Å². The molecule has 2 rings (SSSR count). The van der Waals surface area contributed by atoms with Crippen LogP contribution in [0, 0.1) is 5.92 Å². The van der Waals surface area contributed by atoms with Crippen molar-refractivity contribution in [2.75, 3.05) is 0 Å². The van der Waals surface area contributed by atoms with E-state index >= 15 is 0 Å². The molecule has 0 heterocycles. The summed E-state index contributed by atoms with van der Waals surface area (Å²) in [6, 6.07) is 11.1. The molecule has 2 aromatic carbocycles. The van der Waals surface area contributed by atoms with Crippen LogP contribution in [0.25, 0.3) is 0 Å². The van der Waals surface area contributed by atoms with Crippen LogP contribution >= 0.6 is 23.2 Å². The molecule has 0 aliphatic heterocycles. The number of halogens is 5. The average Bonchev–Trinajstić information content (AvgIpc) is 2.53. The number of hydrogen-bond donors (Lipinski definition) is 0. The lowest BCUT2D eigenvalue weighted by atomic mass is 9.94. The molecule has 0 unspecified atom stereocenters. The summed E-state index contributed by atoms with van der Waals surface area (Å²) >= 11 is 11.9. The van der Waals surface area contributed by atoms with E-state index in [1.54, 1.807) is 18.2 Å². The van der Waals surface area contributed by atoms with Gasteiger partial charge in [-0.05, 0) is 67.0 Å². The first-order valence-corrected chi connectivity index (χ1v) is 8.61. The van der Waals surface area contributed by atoms with E-state index < -0.39 is 11.7 Å². The third kappa shape index (κ3) is 5.71. The maximum Gasteiger partial charge on any atom is 0.416 e. The molecule has 0 amide bonds. The molecule has 24 heavy (non-hydrogen) atoms. The highest BCUT2D eigenvalue weighted by Gasteiger charge is 2.29. The Kier molecular flexibility index (Phi) is 6.59. The van der Waals surface area contributed by atoms with Gasteiger partial charge in [0.25, 0.3) is 0 Å². The third-order valence-electron chi connectivity index (χ3n) is 4.12. The molecule has 1 atom stereocenters. The standard InChI is InChI=1S/C19H19Cl2F3/c1-13(3-5-15-8-11-17(20)18(21)12-15)2-4-14-6-9-16(10-7-14)19(22,23)24/h6-13H,2-5H2,1H3/t13-/m0/s1. The highest BCUT2D eigenvalue weighted by atomic mass is 35.5. The summed E-state index contributed by atoms with van der Waals surface area (Å²) in [7, 11) is 0. The third-order valence-corrected chi connectivity index (χ3v) is 4.86. The summed E-state index contributed by atoms with van der Waals surface area (Å²) in [5.74, 6) is 0.474. The van der Waals surface area contributed by atoms with Crippen LogP contribution in [0.2, 0.25) is 10.0 Å². The monoisotopic (exact) mass is 374 g/mol. The van der Waals surface area contributed by atoms with Gasteiger partial charge in [0, 0.05) is 0 Å². The van der Waals surface area contributed by atoms with Crippen molar-refractivity contribution >= 4 is 23.2 Å². The van der Waals surface area contributed by atoms with Crippen LogP contribution in [0.4, 0.5) is 13.2 Å². The Hall–Kier alpha value is -1.19. The van der Waals surface area contributed by atoms with E-state index in [-0.39, 0.29) is 0 Å². The van der Waals surface area contributed by atoms with Crippen LogP contribution in [-0.2, 0) is 19.0 Å². The lowest BCUT2D eigenvalue weighted by molar-refractivity contribution is -0.137. The highest BCUT2D eigenvalue weighted by Crippen LogP contribution is 2.29. The average molecular weight is 375 g/mol. The van der Waals surface area contributed by atoms with E-state index in [4.69, 9.17) is 23.2 Å². The highest BCUT2D eigenvalue weighted by molar-refractivity contribution is 6.42. The second kappa shape index (κ2) is 8.26. The summed E-state index contributed by atoms with van der Waals surface area (Å²) in [5, 5.41) is 1.11. The van der Waals surface area contributed by atoms with E-state index in [1.165, 1.54) is 0 Å². The molecule has 0 bridgehead atoms. The van der Waals surface area contributed by atoms with Crippen molar-refractivity contribution in [3.63, 3.8) is 0 Å². The van der Waals surface area contributed by atoms with Crippen LogP contribution in [-0.4, -0.2) is 0 Å². The van der Waals surface area contributed by atoms with Gasteiger partial charge < -0.3 is 0 Å². The Morgan fingerprint density at radius 1 is 0.833 bits per heavy atom. The minimum absolute atomic E-state index is 0.474. The van der Waals surface area contributed by atoms with Gasteiger partial charge in [-0.15, -0.1) is 0 Å². The van der Waals surface area contributed by atoms with Gasteiger partial charge in [0.1, 0.15) is 0 Å². The maximum atomic E-state index is 12.5. The van der Waals surface area contributed by atoms with Gasteiger partial charge in [0.2, 0.25) is 0 Å². The van der Waals surface area contributed by atoms with E-state index in [0.717, 1.165) is 48.9 Å². The molecular weight excluding hydrogens is 356 g/mol. The molecule has 0 radical (unpaired) electrons. The van der Waals surface area contributed by atoms with Gasteiger partial charge in [-0.25, -0.2) is 0 Å². The number of benzene rings is 2. The quantitative estimate of drug-likeness (QED) is 0.500. The van der Waals surface area contributed by atoms with Gasteiger partial charge in [0.05, 0.1) is 15.6 Å². The predicted molar refractivity (Wildman–Crippen MR) is 93.7 cm³/mol. The summed E-state index contributed by atoms with van der Waals surface area (Å²) in [6.45, 7) is 2.15. The number of alkyl halides is 3. The fourth-order valence-electron chi connectivity index (χ4n) is 2.53. The lowest BCUT2D eigenvalue weighted by Gasteiger charge is -2.12. The minimum atomic E-state index is -4.27. The minimum Gasteiger partial charge on any atom is -0.166 e. The first-order chi connectivity index (χ1) is 11.3. The normalized spacial score (nSPS) is 13.1. The van der Waals surface area contributed by atoms with E-state index in [1.807, 2.05) is 12.1 Å². The van der Waals surface area contributed by atoms with Gasteiger partial charge in [-0.2, -0.15) is 13.2 Å². The molecule has 2 aromatic rings. The number of rotatable bonds is 6. The summed E-state index contributed by atoms with van der Waals surface area (Å²) in [5.41, 5.74) is 1.48. The van der Waals surface area contributed by atoms with Crippen molar-refractivity contribution in [3.8, 4) is 0 Å². The molecule has 0 nitrogen and oxygen atoms in total. The molecule has 0 aromatic heterocycles. The smallest absolute Gasteiger partial charge is 0.166 e. The topological polar surface area (TPSA) is 0 Å². The van der Waals surface area contributed by atoms with Gasteiger partial charge >= 0.3 is 6.18 Å². The van der Waals surface area contributed by atoms with Crippen LogP contribution in [0.5, 0.6) is 0 Å². The van der Waals surface area contributed by atoms with E-state index in [0.29, 0.717) is 16.0 Å². The zero-order valence-electron chi connectivity index (χ0n) is 13.3. The maximum absolute atomic E-state index is 12.5. The molecule has 0 saturated heterocycles. The molecular formula is C19H19Cl2F3. The lowest BCUT2D eigenvalue weighted by Crippen LogP contribution is -2.05. The zero-order chi connectivity index (χ0) is 17.7. The van der Waals surface area contributed by atoms with E-state index in [2.05, 4.69) is 6.92 Å². The molecule has 130 valence electrons. The number of hydrogen-bond acceptors (Lipinski definition) is 0. The van der Waals surface area contributed by atoms with Crippen molar-refractivity contribution in [3.05, 3.63) is 69.2 Å². The van der Waals surface area contributed by atoms with Crippen LogP contribution in [0.15, 0.2) is 42.5 Å². The van der Waals surface area contributed by atoms with Crippen molar-refractivity contribution in [2.45, 2.75) is 38.8 Å². The van der Waals surface area contributed by atoms with Crippen molar-refractivity contribution < 1.29 is 13.2 Å².